The molecule has 4 heteroatoms. The Balaban J connectivity index is 1.83. The van der Waals surface area contributed by atoms with Gasteiger partial charge in [-0.15, -0.1) is 0 Å². The fraction of sp³-hybridized carbons (Fsp3) is 0.316. The molecule has 0 unspecified atom stereocenters. The van der Waals surface area contributed by atoms with E-state index in [9.17, 15) is 4.79 Å². The number of amides is 1. The number of nitrogens with one attached hydrogen (secondary N) is 1. The van der Waals surface area contributed by atoms with Crippen LogP contribution in [0.1, 0.15) is 17.5 Å². The molecule has 4 nitrogen and oxygen atoms in total. The molecule has 1 N–H and O–H groups in total. The van der Waals surface area contributed by atoms with Crippen LogP contribution >= 0.6 is 0 Å². The minimum Gasteiger partial charge on any atom is -0.495 e. The number of carbonyl (C=O) groups is 1. The van der Waals surface area contributed by atoms with Gasteiger partial charge >= 0.3 is 0 Å². The molecule has 2 aromatic rings. The van der Waals surface area contributed by atoms with Gasteiger partial charge in [-0.2, -0.15) is 0 Å². The minimum atomic E-state index is -0.00821. The van der Waals surface area contributed by atoms with Gasteiger partial charge in [0.05, 0.1) is 12.8 Å². The van der Waals surface area contributed by atoms with Crippen molar-refractivity contribution in [1.29, 1.82) is 0 Å². The molecule has 0 saturated carbocycles. The molecule has 0 bridgehead atoms. The number of benzene rings is 2. The normalized spacial score (nSPS) is 10.6. The third-order valence-corrected chi connectivity index (χ3v) is 3.80. The van der Waals surface area contributed by atoms with Gasteiger partial charge in [0.25, 0.3) is 0 Å². The first-order valence-corrected chi connectivity index (χ1v) is 7.76. The molecule has 2 rings (SSSR count). The number of para-hydroxylation sites is 2. The van der Waals surface area contributed by atoms with Crippen LogP contribution in [-0.2, 0) is 11.3 Å². The number of methoxy groups -OCH3 is 1. The summed E-state index contributed by atoms with van der Waals surface area (Å²) >= 11 is 0. The predicted octanol–water partition coefficient (Wildman–Crippen LogP) is 3.46. The molecule has 23 heavy (non-hydrogen) atoms. The SMILES string of the molecule is COc1ccccc1NC(=O)CCN(C)Cc1ccccc1C. The zero-order valence-electron chi connectivity index (χ0n) is 14.0. The summed E-state index contributed by atoms with van der Waals surface area (Å²) in [5, 5.41) is 2.90. The number of hydrogen-bond donors (Lipinski definition) is 1. The van der Waals surface area contributed by atoms with Crippen molar-refractivity contribution in [3.8, 4) is 5.75 Å². The van der Waals surface area contributed by atoms with Gasteiger partial charge in [0, 0.05) is 19.5 Å². The lowest BCUT2D eigenvalue weighted by Gasteiger charge is -2.18. The van der Waals surface area contributed by atoms with E-state index in [1.807, 2.05) is 43.4 Å². The van der Waals surface area contributed by atoms with Crippen LogP contribution in [0, 0.1) is 6.92 Å². The molecule has 0 saturated heterocycles. The molecule has 0 heterocycles. The maximum atomic E-state index is 12.1. The van der Waals surface area contributed by atoms with Crippen LogP contribution in [0.3, 0.4) is 0 Å². The molecule has 0 aliphatic heterocycles. The Kier molecular flexibility index (Phi) is 6.18. The van der Waals surface area contributed by atoms with Gasteiger partial charge in [0.15, 0.2) is 0 Å². The van der Waals surface area contributed by atoms with Crippen molar-refractivity contribution in [3.63, 3.8) is 0 Å². The first-order valence-electron chi connectivity index (χ1n) is 7.76. The van der Waals surface area contributed by atoms with Crippen LogP contribution in [0.5, 0.6) is 5.75 Å². The fourth-order valence-electron chi connectivity index (χ4n) is 2.41. The standard InChI is InChI=1S/C19H24N2O2/c1-15-8-4-5-9-16(15)14-21(2)13-12-19(22)20-17-10-6-7-11-18(17)23-3/h4-11H,12-14H2,1-3H3,(H,20,22). The van der Waals surface area contributed by atoms with Crippen molar-refractivity contribution >= 4 is 11.6 Å². The lowest BCUT2D eigenvalue weighted by molar-refractivity contribution is -0.116. The summed E-state index contributed by atoms with van der Waals surface area (Å²) in [6.07, 6.45) is 0.445. The maximum Gasteiger partial charge on any atom is 0.225 e. The van der Waals surface area contributed by atoms with Gasteiger partial charge in [-0.3, -0.25) is 4.79 Å². The Labute approximate surface area is 138 Å². The van der Waals surface area contributed by atoms with E-state index in [1.165, 1.54) is 11.1 Å². The number of rotatable bonds is 7. The van der Waals surface area contributed by atoms with Gasteiger partial charge in [-0.1, -0.05) is 36.4 Å². The highest BCUT2D eigenvalue weighted by Gasteiger charge is 2.09. The number of ether oxygens (including phenoxy) is 1. The van der Waals surface area contributed by atoms with Crippen molar-refractivity contribution in [2.75, 3.05) is 26.0 Å². The molecular weight excluding hydrogens is 288 g/mol. The van der Waals surface area contributed by atoms with Crippen LogP contribution in [0.4, 0.5) is 5.69 Å². The molecule has 0 aliphatic rings. The highest BCUT2D eigenvalue weighted by Crippen LogP contribution is 2.23. The van der Waals surface area contributed by atoms with Gasteiger partial charge < -0.3 is 15.0 Å². The minimum absolute atomic E-state index is 0.00821. The lowest BCUT2D eigenvalue weighted by atomic mass is 10.1. The number of carbonyl (C=O) groups excluding carboxylic acids is 1. The molecule has 0 fully saturated rings. The van der Waals surface area contributed by atoms with Gasteiger partial charge in [0.1, 0.15) is 5.75 Å². The van der Waals surface area contributed by atoms with Crippen LogP contribution in [0.15, 0.2) is 48.5 Å². The average Bonchev–Trinajstić information content (AvgIpc) is 2.55. The van der Waals surface area contributed by atoms with Crippen LogP contribution in [0.2, 0.25) is 0 Å². The number of nitrogens with zero attached hydrogens (tertiary/aromatic N) is 1. The highest BCUT2D eigenvalue weighted by atomic mass is 16.5. The summed E-state index contributed by atoms with van der Waals surface area (Å²) in [6.45, 7) is 3.65. The largest absolute Gasteiger partial charge is 0.495 e. The van der Waals surface area contributed by atoms with E-state index < -0.39 is 0 Å². The quantitative estimate of drug-likeness (QED) is 0.851. The number of hydrogen-bond acceptors (Lipinski definition) is 3. The Morgan fingerprint density at radius 3 is 2.57 bits per heavy atom. The van der Waals surface area contributed by atoms with E-state index in [1.54, 1.807) is 7.11 Å². The van der Waals surface area contributed by atoms with E-state index >= 15 is 0 Å². The summed E-state index contributed by atoms with van der Waals surface area (Å²) in [4.78, 5) is 14.3. The van der Waals surface area contributed by atoms with E-state index in [4.69, 9.17) is 4.74 Å². The first kappa shape index (κ1) is 17.0. The third-order valence-electron chi connectivity index (χ3n) is 3.80. The van der Waals surface area contributed by atoms with Crippen molar-refractivity contribution in [3.05, 3.63) is 59.7 Å². The molecule has 0 spiro atoms. The molecule has 1 amide bonds. The van der Waals surface area contributed by atoms with Crippen molar-refractivity contribution in [1.82, 2.24) is 4.90 Å². The van der Waals surface area contributed by atoms with Crippen LogP contribution < -0.4 is 10.1 Å². The second kappa shape index (κ2) is 8.34. The predicted molar refractivity (Wildman–Crippen MR) is 93.8 cm³/mol. The summed E-state index contributed by atoms with van der Waals surface area (Å²) in [6, 6.07) is 15.8. The van der Waals surface area contributed by atoms with E-state index in [0.717, 1.165) is 6.54 Å². The summed E-state index contributed by atoms with van der Waals surface area (Å²) in [5.74, 6) is 0.667. The number of anilines is 1. The van der Waals surface area contributed by atoms with Crippen LogP contribution in [-0.4, -0.2) is 31.5 Å². The zero-order chi connectivity index (χ0) is 16.7. The summed E-state index contributed by atoms with van der Waals surface area (Å²) in [7, 11) is 3.63. The third kappa shape index (κ3) is 5.11. The molecule has 0 radical (unpaired) electrons. The summed E-state index contributed by atoms with van der Waals surface area (Å²) in [5.41, 5.74) is 3.28. The average molecular weight is 312 g/mol. The Bertz CT molecular complexity index is 655. The van der Waals surface area contributed by atoms with E-state index in [-0.39, 0.29) is 5.91 Å². The molecule has 0 aromatic heterocycles. The monoisotopic (exact) mass is 312 g/mol. The van der Waals surface area contributed by atoms with Crippen LogP contribution in [0.25, 0.3) is 0 Å². The smallest absolute Gasteiger partial charge is 0.225 e. The molecular formula is C19H24N2O2. The lowest BCUT2D eigenvalue weighted by Crippen LogP contribution is -2.24. The van der Waals surface area contributed by atoms with Gasteiger partial charge in [0.2, 0.25) is 5.91 Å². The number of aryl methyl sites for hydroxylation is 1. The van der Waals surface area contributed by atoms with E-state index in [2.05, 4.69) is 29.3 Å². The molecule has 0 atom stereocenters. The Morgan fingerprint density at radius 2 is 1.83 bits per heavy atom. The van der Waals surface area contributed by atoms with Crippen molar-refractivity contribution in [2.24, 2.45) is 0 Å². The second-order valence-electron chi connectivity index (χ2n) is 5.66. The highest BCUT2D eigenvalue weighted by molar-refractivity contribution is 5.92. The summed E-state index contributed by atoms with van der Waals surface area (Å²) < 4.78 is 5.24. The van der Waals surface area contributed by atoms with Gasteiger partial charge in [-0.25, -0.2) is 0 Å². The maximum absolute atomic E-state index is 12.1. The Hall–Kier alpha value is -2.33. The fourth-order valence-corrected chi connectivity index (χ4v) is 2.41. The van der Waals surface area contributed by atoms with E-state index in [0.29, 0.717) is 24.4 Å². The van der Waals surface area contributed by atoms with Crippen molar-refractivity contribution in [2.45, 2.75) is 19.9 Å². The Morgan fingerprint density at radius 1 is 1.13 bits per heavy atom. The molecule has 0 aliphatic carbocycles. The van der Waals surface area contributed by atoms with Gasteiger partial charge in [-0.05, 0) is 37.2 Å². The topological polar surface area (TPSA) is 41.6 Å². The first-order chi connectivity index (χ1) is 11.1. The molecule has 122 valence electrons. The zero-order valence-corrected chi connectivity index (χ0v) is 14.0. The second-order valence-corrected chi connectivity index (χ2v) is 5.66. The van der Waals surface area contributed by atoms with Crippen molar-refractivity contribution < 1.29 is 9.53 Å². The molecule has 2 aromatic carbocycles.